The second kappa shape index (κ2) is 4.19. The number of rotatable bonds is 2. The number of nitro benzene ring substituents is 1. The molecule has 3 rings (SSSR count). The fourth-order valence-electron chi connectivity index (χ4n) is 1.80. The fraction of sp³-hybridized carbons (Fsp3) is 0. The minimum absolute atomic E-state index is 0.0940. The van der Waals surface area contributed by atoms with Crippen LogP contribution in [-0.4, -0.2) is 9.91 Å². The van der Waals surface area contributed by atoms with Crippen LogP contribution in [0.2, 0.25) is 0 Å². The lowest BCUT2D eigenvalue weighted by Crippen LogP contribution is -1.90. The zero-order valence-electron chi connectivity index (χ0n) is 9.24. The van der Waals surface area contributed by atoms with Crippen LogP contribution in [0.15, 0.2) is 48.5 Å². The van der Waals surface area contributed by atoms with E-state index in [-0.39, 0.29) is 10.6 Å². The van der Waals surface area contributed by atoms with Gasteiger partial charge in [-0.15, -0.1) is 11.3 Å². The van der Waals surface area contributed by atoms with Crippen LogP contribution >= 0.6 is 11.3 Å². The molecule has 4 nitrogen and oxygen atoms in total. The summed E-state index contributed by atoms with van der Waals surface area (Å²) in [6.07, 6.45) is 0. The van der Waals surface area contributed by atoms with E-state index in [0.29, 0.717) is 10.6 Å². The molecule has 0 aliphatic carbocycles. The molecule has 0 fully saturated rings. The minimum Gasteiger partial charge on any atom is -0.258 e. The van der Waals surface area contributed by atoms with Crippen molar-refractivity contribution < 1.29 is 4.92 Å². The smallest absolute Gasteiger partial charge is 0.258 e. The molecule has 18 heavy (non-hydrogen) atoms. The van der Waals surface area contributed by atoms with Gasteiger partial charge in [-0.3, -0.25) is 10.1 Å². The Morgan fingerprint density at radius 2 is 1.78 bits per heavy atom. The first-order valence-electron chi connectivity index (χ1n) is 5.35. The van der Waals surface area contributed by atoms with Gasteiger partial charge in [-0.2, -0.15) is 0 Å². The molecule has 0 unspecified atom stereocenters. The van der Waals surface area contributed by atoms with E-state index in [0.717, 1.165) is 10.2 Å². The molecular weight excluding hydrogens is 248 g/mol. The highest BCUT2D eigenvalue weighted by Gasteiger charge is 2.17. The highest BCUT2D eigenvalue weighted by atomic mass is 32.1. The monoisotopic (exact) mass is 256 g/mol. The molecule has 0 bridgehead atoms. The van der Waals surface area contributed by atoms with Crippen molar-refractivity contribution >= 4 is 27.2 Å². The summed E-state index contributed by atoms with van der Waals surface area (Å²) in [5.74, 6) is 0. The molecule has 0 spiro atoms. The number of hydrogen-bond donors (Lipinski definition) is 0. The predicted octanol–water partition coefficient (Wildman–Crippen LogP) is 3.87. The first-order chi connectivity index (χ1) is 8.75. The van der Waals surface area contributed by atoms with Crippen LogP contribution < -0.4 is 0 Å². The number of nitro groups is 1. The van der Waals surface area contributed by atoms with Gasteiger partial charge in [0, 0.05) is 6.07 Å². The Kier molecular flexibility index (Phi) is 2.53. The van der Waals surface area contributed by atoms with Crippen molar-refractivity contribution in [1.82, 2.24) is 4.98 Å². The second-order valence-corrected chi connectivity index (χ2v) is 4.79. The van der Waals surface area contributed by atoms with E-state index in [1.807, 2.05) is 24.3 Å². The molecular formula is C13H8N2O2S. The summed E-state index contributed by atoms with van der Waals surface area (Å²) in [7, 11) is 0. The summed E-state index contributed by atoms with van der Waals surface area (Å²) in [5.41, 5.74) is 1.54. The standard InChI is InChI=1S/C13H8N2O2S/c16-15(17)11-7-3-1-5-9(11)13-14-10-6-2-4-8-12(10)18-13/h1-8H. The SMILES string of the molecule is O=[N+]([O-])c1ccccc1-c1nc2ccccc2s1. The van der Waals surface area contributed by atoms with Crippen LogP contribution in [0.3, 0.4) is 0 Å². The fourth-order valence-corrected chi connectivity index (χ4v) is 2.80. The molecule has 5 heteroatoms. The summed E-state index contributed by atoms with van der Waals surface area (Å²) in [6, 6.07) is 14.4. The zero-order valence-corrected chi connectivity index (χ0v) is 10.1. The van der Waals surface area contributed by atoms with Crippen LogP contribution in [0.1, 0.15) is 0 Å². The Morgan fingerprint density at radius 3 is 2.56 bits per heavy atom. The third kappa shape index (κ3) is 1.74. The molecule has 2 aromatic carbocycles. The number of hydrogen-bond acceptors (Lipinski definition) is 4. The topological polar surface area (TPSA) is 56.0 Å². The van der Waals surface area contributed by atoms with Crippen molar-refractivity contribution in [3.8, 4) is 10.6 Å². The van der Waals surface area contributed by atoms with Gasteiger partial charge in [0.25, 0.3) is 5.69 Å². The molecule has 0 saturated carbocycles. The summed E-state index contributed by atoms with van der Waals surface area (Å²) in [5, 5.41) is 11.7. The van der Waals surface area contributed by atoms with Crippen LogP contribution in [-0.2, 0) is 0 Å². The largest absolute Gasteiger partial charge is 0.279 e. The van der Waals surface area contributed by atoms with E-state index < -0.39 is 0 Å². The quantitative estimate of drug-likeness (QED) is 0.516. The van der Waals surface area contributed by atoms with Crippen LogP contribution in [0.4, 0.5) is 5.69 Å². The lowest BCUT2D eigenvalue weighted by atomic mass is 10.2. The molecule has 0 atom stereocenters. The third-order valence-electron chi connectivity index (χ3n) is 2.63. The molecule has 3 aromatic rings. The number of thiazole rings is 1. The summed E-state index contributed by atoms with van der Waals surface area (Å²) in [6.45, 7) is 0. The van der Waals surface area contributed by atoms with Gasteiger partial charge in [0.1, 0.15) is 5.01 Å². The number of benzene rings is 2. The third-order valence-corrected chi connectivity index (χ3v) is 3.69. The predicted molar refractivity (Wildman–Crippen MR) is 71.7 cm³/mol. The number of para-hydroxylation sites is 2. The summed E-state index contributed by atoms with van der Waals surface area (Å²) in [4.78, 5) is 15.1. The average Bonchev–Trinajstić information content (AvgIpc) is 2.82. The molecule has 0 N–H and O–H groups in total. The maximum atomic E-state index is 11.0. The molecule has 0 aliphatic heterocycles. The zero-order chi connectivity index (χ0) is 12.5. The highest BCUT2D eigenvalue weighted by Crippen LogP contribution is 2.35. The molecule has 0 saturated heterocycles. The van der Waals surface area contributed by atoms with Crippen molar-refractivity contribution in [2.75, 3.05) is 0 Å². The Balaban J connectivity index is 2.23. The molecule has 0 amide bonds. The maximum absolute atomic E-state index is 11.0. The van der Waals surface area contributed by atoms with Gasteiger partial charge in [-0.1, -0.05) is 24.3 Å². The Morgan fingerprint density at radius 1 is 1.06 bits per heavy atom. The van der Waals surface area contributed by atoms with Gasteiger partial charge in [0.15, 0.2) is 0 Å². The van der Waals surface area contributed by atoms with Crippen molar-refractivity contribution in [2.24, 2.45) is 0 Å². The Bertz CT molecular complexity index is 703. The van der Waals surface area contributed by atoms with E-state index in [4.69, 9.17) is 0 Å². The van der Waals surface area contributed by atoms with E-state index >= 15 is 0 Å². The number of nitrogens with zero attached hydrogens (tertiary/aromatic N) is 2. The lowest BCUT2D eigenvalue weighted by molar-refractivity contribution is -0.384. The van der Waals surface area contributed by atoms with E-state index in [1.54, 1.807) is 18.2 Å². The second-order valence-electron chi connectivity index (χ2n) is 3.76. The Hall–Kier alpha value is -2.27. The minimum atomic E-state index is -0.374. The summed E-state index contributed by atoms with van der Waals surface area (Å²) < 4.78 is 1.03. The average molecular weight is 256 g/mol. The van der Waals surface area contributed by atoms with Gasteiger partial charge >= 0.3 is 0 Å². The Labute approximate surface area is 107 Å². The molecule has 1 aromatic heterocycles. The van der Waals surface area contributed by atoms with Crippen LogP contribution in [0.5, 0.6) is 0 Å². The number of aromatic nitrogens is 1. The lowest BCUT2D eigenvalue weighted by Gasteiger charge is -1.97. The first-order valence-corrected chi connectivity index (χ1v) is 6.17. The van der Waals surface area contributed by atoms with Crippen molar-refractivity contribution in [1.29, 1.82) is 0 Å². The van der Waals surface area contributed by atoms with Gasteiger partial charge in [0.05, 0.1) is 20.7 Å². The van der Waals surface area contributed by atoms with Crippen LogP contribution in [0.25, 0.3) is 20.8 Å². The van der Waals surface area contributed by atoms with Crippen molar-refractivity contribution in [2.45, 2.75) is 0 Å². The van der Waals surface area contributed by atoms with Crippen LogP contribution in [0, 0.1) is 10.1 Å². The summed E-state index contributed by atoms with van der Waals surface area (Å²) >= 11 is 1.47. The molecule has 1 heterocycles. The van der Waals surface area contributed by atoms with Gasteiger partial charge in [-0.25, -0.2) is 4.98 Å². The van der Waals surface area contributed by atoms with Crippen molar-refractivity contribution in [3.05, 3.63) is 58.6 Å². The molecule has 0 aliphatic rings. The van der Waals surface area contributed by atoms with Gasteiger partial charge in [-0.05, 0) is 18.2 Å². The van der Waals surface area contributed by atoms with Crippen molar-refractivity contribution in [3.63, 3.8) is 0 Å². The molecule has 0 radical (unpaired) electrons. The van der Waals surface area contributed by atoms with E-state index in [2.05, 4.69) is 4.98 Å². The van der Waals surface area contributed by atoms with Gasteiger partial charge in [0.2, 0.25) is 0 Å². The maximum Gasteiger partial charge on any atom is 0.279 e. The number of fused-ring (bicyclic) bond motifs is 1. The van der Waals surface area contributed by atoms with E-state index in [1.165, 1.54) is 17.4 Å². The molecule has 88 valence electrons. The van der Waals surface area contributed by atoms with Gasteiger partial charge < -0.3 is 0 Å². The highest BCUT2D eigenvalue weighted by molar-refractivity contribution is 7.21. The normalized spacial score (nSPS) is 10.7. The first kappa shape index (κ1) is 10.9. The van der Waals surface area contributed by atoms with E-state index in [9.17, 15) is 10.1 Å².